The Hall–Kier alpha value is -2.83. The minimum absolute atomic E-state index is 0.166. The van der Waals surface area contributed by atoms with Gasteiger partial charge in [-0.2, -0.15) is 0 Å². The van der Waals surface area contributed by atoms with Crippen molar-refractivity contribution < 1.29 is 14.1 Å². The molecule has 1 aliphatic heterocycles. The molecular weight excluding hydrogens is 308 g/mol. The molecule has 0 atom stereocenters. The summed E-state index contributed by atoms with van der Waals surface area (Å²) in [6.07, 6.45) is -0.183. The molecule has 2 aromatic rings. The van der Waals surface area contributed by atoms with E-state index in [0.717, 1.165) is 18.8 Å². The Morgan fingerprint density at radius 3 is 2.50 bits per heavy atom. The Morgan fingerprint density at radius 2 is 1.88 bits per heavy atom. The highest BCUT2D eigenvalue weighted by Crippen LogP contribution is 2.16. The standard InChI is InChI=1S/C17H20N4O3/c1-13-11-15(19-24-13)18-16(22)12-17(23)21-9-7-20(8-10-21)14-5-3-2-4-6-14/h2-6,11H,7-10,12H2,1H3,(H,18,19,22). The van der Waals surface area contributed by atoms with Gasteiger partial charge in [-0.3, -0.25) is 9.59 Å². The first-order valence-electron chi connectivity index (χ1n) is 7.93. The molecule has 3 rings (SSSR count). The number of hydrogen-bond acceptors (Lipinski definition) is 5. The molecule has 0 saturated carbocycles. The van der Waals surface area contributed by atoms with E-state index in [1.165, 1.54) is 0 Å². The molecule has 7 heteroatoms. The molecule has 0 unspecified atom stereocenters. The quantitative estimate of drug-likeness (QED) is 0.864. The van der Waals surface area contributed by atoms with Crippen LogP contribution in [0.5, 0.6) is 0 Å². The second-order valence-corrected chi connectivity index (χ2v) is 5.75. The first-order valence-corrected chi connectivity index (χ1v) is 7.93. The molecule has 1 N–H and O–H groups in total. The summed E-state index contributed by atoms with van der Waals surface area (Å²) in [6.45, 7) is 4.49. The monoisotopic (exact) mass is 328 g/mol. The van der Waals surface area contributed by atoms with E-state index in [1.54, 1.807) is 17.9 Å². The van der Waals surface area contributed by atoms with Gasteiger partial charge in [0, 0.05) is 37.9 Å². The van der Waals surface area contributed by atoms with Gasteiger partial charge in [-0.1, -0.05) is 23.4 Å². The summed E-state index contributed by atoms with van der Waals surface area (Å²) in [5.74, 6) is 0.395. The highest BCUT2D eigenvalue weighted by atomic mass is 16.5. The number of rotatable bonds is 4. The maximum absolute atomic E-state index is 12.2. The molecule has 1 aliphatic rings. The number of carbonyl (C=O) groups is 2. The number of benzene rings is 1. The largest absolute Gasteiger partial charge is 0.368 e. The summed E-state index contributed by atoms with van der Waals surface area (Å²) >= 11 is 0. The number of carbonyl (C=O) groups excluding carboxylic acids is 2. The Kier molecular flexibility index (Phi) is 4.79. The number of piperazine rings is 1. The molecule has 1 aromatic carbocycles. The van der Waals surface area contributed by atoms with Crippen LogP contribution in [0.2, 0.25) is 0 Å². The van der Waals surface area contributed by atoms with Gasteiger partial charge in [0.2, 0.25) is 11.8 Å². The third-order valence-electron chi connectivity index (χ3n) is 3.96. The van der Waals surface area contributed by atoms with Crippen LogP contribution < -0.4 is 10.2 Å². The lowest BCUT2D eigenvalue weighted by atomic mass is 10.2. The Balaban J connectivity index is 1.47. The zero-order valence-corrected chi connectivity index (χ0v) is 13.6. The molecule has 0 spiro atoms. The first kappa shape index (κ1) is 16.0. The van der Waals surface area contributed by atoms with Gasteiger partial charge < -0.3 is 19.6 Å². The molecule has 2 heterocycles. The molecule has 1 aromatic heterocycles. The van der Waals surface area contributed by atoms with Gasteiger partial charge in [0.05, 0.1) is 0 Å². The number of aromatic nitrogens is 1. The molecule has 2 amide bonds. The van der Waals surface area contributed by atoms with E-state index in [0.29, 0.717) is 24.7 Å². The van der Waals surface area contributed by atoms with Crippen molar-refractivity contribution in [3.8, 4) is 0 Å². The summed E-state index contributed by atoms with van der Waals surface area (Å²) in [7, 11) is 0. The number of nitrogens with one attached hydrogen (secondary N) is 1. The van der Waals surface area contributed by atoms with Crippen LogP contribution >= 0.6 is 0 Å². The maximum atomic E-state index is 12.2. The zero-order valence-electron chi connectivity index (χ0n) is 13.6. The minimum Gasteiger partial charge on any atom is -0.368 e. The second kappa shape index (κ2) is 7.16. The predicted molar refractivity (Wildman–Crippen MR) is 89.7 cm³/mol. The van der Waals surface area contributed by atoms with E-state index < -0.39 is 0 Å². The van der Waals surface area contributed by atoms with Crippen LogP contribution in [0.25, 0.3) is 0 Å². The van der Waals surface area contributed by atoms with Gasteiger partial charge in [-0.15, -0.1) is 0 Å². The van der Waals surface area contributed by atoms with Crippen LogP contribution in [0.1, 0.15) is 12.2 Å². The summed E-state index contributed by atoms with van der Waals surface area (Å²) < 4.78 is 4.87. The van der Waals surface area contributed by atoms with E-state index in [9.17, 15) is 9.59 Å². The number of anilines is 2. The minimum atomic E-state index is -0.376. The van der Waals surface area contributed by atoms with Crippen LogP contribution in [0, 0.1) is 6.92 Å². The van der Waals surface area contributed by atoms with Gasteiger partial charge in [0.15, 0.2) is 5.82 Å². The fourth-order valence-corrected chi connectivity index (χ4v) is 2.71. The lowest BCUT2D eigenvalue weighted by molar-refractivity contribution is -0.134. The van der Waals surface area contributed by atoms with Crippen molar-refractivity contribution in [3.63, 3.8) is 0 Å². The molecular formula is C17H20N4O3. The predicted octanol–water partition coefficient (Wildman–Crippen LogP) is 1.66. The Labute approximate surface area is 140 Å². The van der Waals surface area contributed by atoms with E-state index in [4.69, 9.17) is 4.52 Å². The van der Waals surface area contributed by atoms with Crippen LogP contribution in [-0.4, -0.2) is 48.0 Å². The molecule has 7 nitrogen and oxygen atoms in total. The smallest absolute Gasteiger partial charge is 0.235 e. The van der Waals surface area contributed by atoms with Gasteiger partial charge >= 0.3 is 0 Å². The van der Waals surface area contributed by atoms with Crippen molar-refractivity contribution in [2.75, 3.05) is 36.4 Å². The maximum Gasteiger partial charge on any atom is 0.235 e. The summed E-state index contributed by atoms with van der Waals surface area (Å²) in [4.78, 5) is 28.1. The van der Waals surface area contributed by atoms with E-state index >= 15 is 0 Å². The van der Waals surface area contributed by atoms with Crippen molar-refractivity contribution in [3.05, 3.63) is 42.2 Å². The van der Waals surface area contributed by atoms with Crippen molar-refractivity contribution >= 4 is 23.3 Å². The van der Waals surface area contributed by atoms with Crippen molar-refractivity contribution in [1.29, 1.82) is 0 Å². The number of nitrogens with zero attached hydrogens (tertiary/aromatic N) is 3. The van der Waals surface area contributed by atoms with Gasteiger partial charge in [-0.05, 0) is 19.1 Å². The van der Waals surface area contributed by atoms with Crippen molar-refractivity contribution in [2.45, 2.75) is 13.3 Å². The zero-order chi connectivity index (χ0) is 16.9. The fourth-order valence-electron chi connectivity index (χ4n) is 2.71. The molecule has 1 fully saturated rings. The third-order valence-corrected chi connectivity index (χ3v) is 3.96. The van der Waals surface area contributed by atoms with Crippen molar-refractivity contribution in [2.24, 2.45) is 0 Å². The Bertz CT molecular complexity index is 706. The molecule has 1 saturated heterocycles. The average Bonchev–Trinajstić information content (AvgIpc) is 3.00. The van der Waals surface area contributed by atoms with Crippen LogP contribution in [0.3, 0.4) is 0 Å². The summed E-state index contributed by atoms with van der Waals surface area (Å²) in [5, 5.41) is 6.25. The SMILES string of the molecule is Cc1cc(NC(=O)CC(=O)N2CCN(c3ccccc3)CC2)no1. The van der Waals surface area contributed by atoms with Gasteiger partial charge in [0.25, 0.3) is 0 Å². The van der Waals surface area contributed by atoms with E-state index in [1.807, 2.05) is 18.2 Å². The molecule has 126 valence electrons. The lowest BCUT2D eigenvalue weighted by Crippen LogP contribution is -2.49. The summed E-state index contributed by atoms with van der Waals surface area (Å²) in [6, 6.07) is 11.7. The summed E-state index contributed by atoms with van der Waals surface area (Å²) in [5.41, 5.74) is 1.16. The Morgan fingerprint density at radius 1 is 1.17 bits per heavy atom. The number of para-hydroxylation sites is 1. The first-order chi connectivity index (χ1) is 11.6. The highest BCUT2D eigenvalue weighted by Gasteiger charge is 2.23. The number of aryl methyl sites for hydroxylation is 1. The number of hydrogen-bond donors (Lipinski definition) is 1. The van der Waals surface area contributed by atoms with Crippen molar-refractivity contribution in [1.82, 2.24) is 10.1 Å². The van der Waals surface area contributed by atoms with Gasteiger partial charge in [-0.25, -0.2) is 0 Å². The van der Waals surface area contributed by atoms with Crippen LogP contribution in [0.15, 0.2) is 40.9 Å². The van der Waals surface area contributed by atoms with Gasteiger partial charge in [0.1, 0.15) is 12.2 Å². The molecule has 0 bridgehead atoms. The highest BCUT2D eigenvalue weighted by molar-refractivity contribution is 6.03. The lowest BCUT2D eigenvalue weighted by Gasteiger charge is -2.36. The third kappa shape index (κ3) is 3.92. The fraction of sp³-hybridized carbons (Fsp3) is 0.353. The van der Waals surface area contributed by atoms with E-state index in [2.05, 4.69) is 27.5 Å². The van der Waals surface area contributed by atoms with E-state index in [-0.39, 0.29) is 18.2 Å². The average molecular weight is 328 g/mol. The van der Waals surface area contributed by atoms with Crippen LogP contribution in [-0.2, 0) is 9.59 Å². The second-order valence-electron chi connectivity index (χ2n) is 5.75. The molecule has 0 radical (unpaired) electrons. The normalized spacial score (nSPS) is 14.5. The number of amides is 2. The molecule has 0 aliphatic carbocycles. The topological polar surface area (TPSA) is 78.7 Å². The molecule has 24 heavy (non-hydrogen) atoms. The van der Waals surface area contributed by atoms with Crippen LogP contribution in [0.4, 0.5) is 11.5 Å².